The molecule has 0 aromatic rings. The molecule has 0 spiro atoms. The first kappa shape index (κ1) is 24.3. The van der Waals surface area contributed by atoms with E-state index in [4.69, 9.17) is 43.7 Å². The number of aliphatic hydroxyl groups is 1. The molecule has 12 heteroatoms. The second-order valence-corrected chi connectivity index (χ2v) is 8.97. The van der Waals surface area contributed by atoms with Gasteiger partial charge in [0, 0.05) is 12.0 Å². The van der Waals surface area contributed by atoms with Crippen molar-refractivity contribution in [3.8, 4) is 0 Å². The van der Waals surface area contributed by atoms with Crippen molar-refractivity contribution in [3.05, 3.63) is 0 Å². The Kier molecular flexibility index (Phi) is 8.59. The van der Waals surface area contributed by atoms with Crippen LogP contribution in [0.1, 0.15) is 40.5 Å². The minimum Gasteiger partial charge on any atom is -0.756 e. The van der Waals surface area contributed by atoms with Crippen LogP contribution in [0.2, 0.25) is 0 Å². The standard InChI is InChI=1S/C16H29B2O9P/c1-9(2)22-8-16(19)13(6-15(18)26-16)27-28(20,21)23-7-12-11(24-10(3)4)5-14(17)25-12/h9-15,19H,5-8H2,1-4H3,(H,20,21)/p-1/t11-,12-,13-,14-,15-,16-/m1/s1. The zero-order valence-corrected chi connectivity index (χ0v) is 17.6. The summed E-state index contributed by atoms with van der Waals surface area (Å²) in [5, 5.41) is 10.6. The largest absolute Gasteiger partial charge is 0.756 e. The highest BCUT2D eigenvalue weighted by Crippen LogP contribution is 2.46. The normalized spacial score (nSPS) is 38.4. The molecule has 1 unspecified atom stereocenters. The van der Waals surface area contributed by atoms with Gasteiger partial charge in [-0.1, -0.05) is 0 Å². The lowest BCUT2D eigenvalue weighted by atomic mass is 9.96. The number of phosphoric ester groups is 1. The van der Waals surface area contributed by atoms with Gasteiger partial charge in [-0.05, 0) is 40.5 Å². The first-order chi connectivity index (χ1) is 12.9. The van der Waals surface area contributed by atoms with Crippen LogP contribution in [-0.4, -0.2) is 82.3 Å². The molecule has 158 valence electrons. The van der Waals surface area contributed by atoms with Gasteiger partial charge in [0.05, 0.1) is 24.9 Å². The lowest BCUT2D eigenvalue weighted by Crippen LogP contribution is -2.46. The molecule has 2 heterocycles. The molecule has 0 bridgehead atoms. The molecule has 0 aromatic carbocycles. The highest BCUT2D eigenvalue weighted by Gasteiger charge is 2.49. The van der Waals surface area contributed by atoms with Gasteiger partial charge in [0.1, 0.15) is 34.5 Å². The molecule has 0 aromatic heterocycles. The summed E-state index contributed by atoms with van der Waals surface area (Å²) in [6, 6.07) is -1.46. The fourth-order valence-electron chi connectivity index (χ4n) is 3.06. The van der Waals surface area contributed by atoms with Crippen molar-refractivity contribution in [2.24, 2.45) is 0 Å². The number of ether oxygens (including phenoxy) is 4. The number of rotatable bonds is 10. The third kappa shape index (κ3) is 7.07. The maximum absolute atomic E-state index is 12.3. The molecule has 9 nitrogen and oxygen atoms in total. The fraction of sp³-hybridized carbons (Fsp3) is 1.00. The minimum atomic E-state index is -4.81. The van der Waals surface area contributed by atoms with Crippen molar-refractivity contribution in [2.45, 2.75) is 88.9 Å². The molecule has 28 heavy (non-hydrogen) atoms. The molecule has 0 amide bonds. The van der Waals surface area contributed by atoms with Gasteiger partial charge in [-0.25, -0.2) is 0 Å². The Hall–Kier alpha value is 0.0399. The molecular weight excluding hydrogens is 389 g/mol. The molecule has 2 saturated heterocycles. The van der Waals surface area contributed by atoms with Gasteiger partial charge < -0.3 is 38.0 Å². The number of phosphoric acid groups is 1. The van der Waals surface area contributed by atoms with Crippen LogP contribution in [0, 0.1) is 0 Å². The second kappa shape index (κ2) is 9.90. The van der Waals surface area contributed by atoms with Gasteiger partial charge in [-0.2, -0.15) is 0 Å². The predicted octanol–water partition coefficient (Wildman–Crippen LogP) is -0.0378. The van der Waals surface area contributed by atoms with E-state index in [1.807, 2.05) is 13.8 Å². The topological polar surface area (TPSA) is 116 Å². The summed E-state index contributed by atoms with van der Waals surface area (Å²) in [4.78, 5) is 12.3. The van der Waals surface area contributed by atoms with Crippen molar-refractivity contribution in [1.82, 2.24) is 0 Å². The van der Waals surface area contributed by atoms with E-state index in [0.29, 0.717) is 6.42 Å². The average Bonchev–Trinajstić information content (AvgIpc) is 3.02. The summed E-state index contributed by atoms with van der Waals surface area (Å²) in [7, 11) is 6.63. The monoisotopic (exact) mass is 417 g/mol. The Morgan fingerprint density at radius 3 is 2.50 bits per heavy atom. The third-order valence-corrected chi connectivity index (χ3v) is 5.24. The first-order valence-corrected chi connectivity index (χ1v) is 10.8. The van der Waals surface area contributed by atoms with Crippen molar-refractivity contribution in [3.63, 3.8) is 0 Å². The molecule has 2 aliphatic heterocycles. The van der Waals surface area contributed by atoms with Gasteiger partial charge in [0.2, 0.25) is 5.79 Å². The predicted molar refractivity (Wildman–Crippen MR) is 98.8 cm³/mol. The van der Waals surface area contributed by atoms with Gasteiger partial charge >= 0.3 is 0 Å². The second-order valence-electron chi connectivity index (χ2n) is 7.61. The molecule has 2 rings (SSSR count). The minimum absolute atomic E-state index is 0.0442. The Bertz CT molecular complexity index is 552. The summed E-state index contributed by atoms with van der Waals surface area (Å²) in [6.07, 6.45) is -2.22. The lowest BCUT2D eigenvalue weighted by Gasteiger charge is -2.34. The van der Waals surface area contributed by atoms with Crippen LogP contribution < -0.4 is 4.89 Å². The van der Waals surface area contributed by atoms with Crippen LogP contribution in [0.15, 0.2) is 0 Å². The van der Waals surface area contributed by atoms with Crippen LogP contribution in [-0.2, 0) is 32.6 Å². The molecule has 4 radical (unpaired) electrons. The van der Waals surface area contributed by atoms with Crippen molar-refractivity contribution in [1.29, 1.82) is 0 Å². The summed E-state index contributed by atoms with van der Waals surface area (Å²) in [5.74, 6) is -2.00. The molecule has 1 N–H and O–H groups in total. The quantitative estimate of drug-likeness (QED) is 0.386. The fourth-order valence-corrected chi connectivity index (χ4v) is 4.01. The molecule has 0 aliphatic carbocycles. The Balaban J connectivity index is 1.93. The summed E-state index contributed by atoms with van der Waals surface area (Å²) in [5.41, 5.74) is 0. The van der Waals surface area contributed by atoms with Gasteiger partial charge in [0.25, 0.3) is 7.82 Å². The van der Waals surface area contributed by atoms with Crippen LogP contribution in [0.4, 0.5) is 0 Å². The van der Waals surface area contributed by atoms with E-state index in [1.165, 1.54) is 0 Å². The average molecular weight is 417 g/mol. The molecule has 2 fully saturated rings. The molecular formula is C16H28B2O9P-. The Morgan fingerprint density at radius 1 is 1.21 bits per heavy atom. The summed E-state index contributed by atoms with van der Waals surface area (Å²) >= 11 is 0. The van der Waals surface area contributed by atoms with Crippen molar-refractivity contribution >= 4 is 23.5 Å². The lowest BCUT2D eigenvalue weighted by molar-refractivity contribution is -0.271. The van der Waals surface area contributed by atoms with Gasteiger partial charge in [-0.15, -0.1) is 0 Å². The Morgan fingerprint density at radius 2 is 1.89 bits per heavy atom. The maximum Gasteiger partial charge on any atom is 0.268 e. The smallest absolute Gasteiger partial charge is 0.268 e. The number of hydrogen-bond acceptors (Lipinski definition) is 9. The van der Waals surface area contributed by atoms with Crippen molar-refractivity contribution < 1.29 is 42.6 Å². The third-order valence-electron chi connectivity index (χ3n) is 4.26. The van der Waals surface area contributed by atoms with E-state index in [9.17, 15) is 14.6 Å². The molecule has 0 saturated carbocycles. The summed E-state index contributed by atoms with van der Waals surface area (Å²) < 4.78 is 44.0. The van der Waals surface area contributed by atoms with E-state index >= 15 is 0 Å². The zero-order valence-electron chi connectivity index (χ0n) is 16.7. The number of hydrogen-bond donors (Lipinski definition) is 1. The van der Waals surface area contributed by atoms with Crippen LogP contribution in [0.3, 0.4) is 0 Å². The van der Waals surface area contributed by atoms with Crippen LogP contribution in [0.25, 0.3) is 0 Å². The van der Waals surface area contributed by atoms with E-state index in [1.54, 1.807) is 13.8 Å². The van der Waals surface area contributed by atoms with Crippen molar-refractivity contribution in [2.75, 3.05) is 13.2 Å². The highest BCUT2D eigenvalue weighted by atomic mass is 31.2. The summed E-state index contributed by atoms with van der Waals surface area (Å²) in [6.45, 7) is 6.61. The van der Waals surface area contributed by atoms with Gasteiger partial charge in [0.15, 0.2) is 0 Å². The van der Waals surface area contributed by atoms with Gasteiger partial charge in [-0.3, -0.25) is 4.57 Å². The van der Waals surface area contributed by atoms with E-state index in [-0.39, 0.29) is 31.8 Å². The van der Waals surface area contributed by atoms with Crippen LogP contribution in [0.5, 0.6) is 0 Å². The maximum atomic E-state index is 12.3. The van der Waals surface area contributed by atoms with E-state index < -0.39 is 43.9 Å². The zero-order chi connectivity index (χ0) is 21.1. The Labute approximate surface area is 168 Å². The van der Waals surface area contributed by atoms with E-state index in [0.717, 1.165) is 0 Å². The van der Waals surface area contributed by atoms with E-state index in [2.05, 4.69) is 0 Å². The van der Waals surface area contributed by atoms with Crippen LogP contribution >= 0.6 is 7.82 Å². The first-order valence-electron chi connectivity index (χ1n) is 9.38. The molecule has 7 atom stereocenters. The highest BCUT2D eigenvalue weighted by molar-refractivity contribution is 7.45. The SMILES string of the molecule is [B][C@H]1C[C@@H](OC(C)C)[C@@H](COP(=O)([O-])O[C@@H]2C[C@H]([B])O[C@]2(O)COC(C)C)O1. The molecule has 2 aliphatic rings.